The number of hydrogen-bond acceptors (Lipinski definition) is 5. The SMILES string of the molecule is CCNC(=NCC1CCN(CCOC)CC1)N1CCc2cc(OC)c(OC)cc2C1.I. The van der Waals surface area contributed by atoms with Crippen LogP contribution in [0.5, 0.6) is 11.5 Å². The molecule has 0 radical (unpaired) electrons. The van der Waals surface area contributed by atoms with E-state index in [2.05, 4.69) is 34.2 Å². The number of guanidine groups is 1. The lowest BCUT2D eigenvalue weighted by Crippen LogP contribution is -2.44. The molecule has 0 saturated carbocycles. The Balaban J connectivity index is 0.00000341. The Morgan fingerprint density at radius 2 is 1.74 bits per heavy atom. The van der Waals surface area contributed by atoms with Crippen molar-refractivity contribution in [1.82, 2.24) is 15.1 Å². The highest BCUT2D eigenvalue weighted by Crippen LogP contribution is 2.33. The minimum absolute atomic E-state index is 0. The van der Waals surface area contributed by atoms with Crippen LogP contribution in [0.3, 0.4) is 0 Å². The molecule has 1 saturated heterocycles. The van der Waals surface area contributed by atoms with Gasteiger partial charge in [-0.15, -0.1) is 24.0 Å². The van der Waals surface area contributed by atoms with Crippen LogP contribution in [0.1, 0.15) is 30.9 Å². The van der Waals surface area contributed by atoms with Crippen molar-refractivity contribution in [3.63, 3.8) is 0 Å². The molecule has 0 aliphatic carbocycles. The van der Waals surface area contributed by atoms with Gasteiger partial charge < -0.3 is 29.3 Å². The highest BCUT2D eigenvalue weighted by Gasteiger charge is 2.23. The first-order valence-electron chi connectivity index (χ1n) is 11.2. The third-order valence-corrected chi connectivity index (χ3v) is 6.17. The van der Waals surface area contributed by atoms with Crippen molar-refractivity contribution in [2.75, 3.05) is 67.2 Å². The van der Waals surface area contributed by atoms with Crippen LogP contribution < -0.4 is 14.8 Å². The summed E-state index contributed by atoms with van der Waals surface area (Å²) in [6.07, 6.45) is 3.41. The number of piperidine rings is 1. The second-order valence-corrected chi connectivity index (χ2v) is 8.12. The molecule has 0 bridgehead atoms. The number of likely N-dealkylation sites (tertiary alicyclic amines) is 1. The number of rotatable bonds is 8. The summed E-state index contributed by atoms with van der Waals surface area (Å²) in [4.78, 5) is 9.89. The molecule has 8 heteroatoms. The van der Waals surface area contributed by atoms with E-state index in [0.29, 0.717) is 5.92 Å². The van der Waals surface area contributed by atoms with Crippen LogP contribution in [-0.4, -0.2) is 83.0 Å². The normalized spacial score (nSPS) is 17.7. The molecule has 2 heterocycles. The average Bonchev–Trinajstić information content (AvgIpc) is 2.79. The summed E-state index contributed by atoms with van der Waals surface area (Å²) in [5.41, 5.74) is 2.62. The molecule has 1 N–H and O–H groups in total. The Bertz CT molecular complexity index is 708. The van der Waals surface area contributed by atoms with E-state index in [1.807, 2.05) is 0 Å². The second-order valence-electron chi connectivity index (χ2n) is 8.12. The number of benzene rings is 1. The zero-order chi connectivity index (χ0) is 21.3. The van der Waals surface area contributed by atoms with Crippen LogP contribution in [-0.2, 0) is 17.7 Å². The Morgan fingerprint density at radius 3 is 2.35 bits per heavy atom. The molecule has 31 heavy (non-hydrogen) atoms. The summed E-state index contributed by atoms with van der Waals surface area (Å²) < 4.78 is 16.2. The van der Waals surface area contributed by atoms with Gasteiger partial charge in [0, 0.05) is 39.8 Å². The summed E-state index contributed by atoms with van der Waals surface area (Å²) in [6.45, 7) is 9.88. The van der Waals surface area contributed by atoms with Gasteiger partial charge in [-0.25, -0.2) is 0 Å². The van der Waals surface area contributed by atoms with Crippen LogP contribution >= 0.6 is 24.0 Å². The number of nitrogens with zero attached hydrogens (tertiary/aromatic N) is 3. The molecule has 7 nitrogen and oxygen atoms in total. The summed E-state index contributed by atoms with van der Waals surface area (Å²) in [6, 6.07) is 4.23. The second kappa shape index (κ2) is 13.3. The van der Waals surface area contributed by atoms with E-state index in [9.17, 15) is 0 Å². The maximum Gasteiger partial charge on any atom is 0.194 e. The minimum Gasteiger partial charge on any atom is -0.493 e. The van der Waals surface area contributed by atoms with E-state index in [4.69, 9.17) is 19.2 Å². The van der Waals surface area contributed by atoms with Crippen molar-refractivity contribution < 1.29 is 14.2 Å². The molecule has 1 fully saturated rings. The Hall–Kier alpha value is -1.26. The number of halogens is 1. The Kier molecular flexibility index (Phi) is 11.2. The van der Waals surface area contributed by atoms with Crippen molar-refractivity contribution in [3.8, 4) is 11.5 Å². The fourth-order valence-electron chi connectivity index (χ4n) is 4.32. The molecule has 176 valence electrons. The zero-order valence-corrected chi connectivity index (χ0v) is 21.8. The van der Waals surface area contributed by atoms with Gasteiger partial charge in [0.05, 0.1) is 20.8 Å². The van der Waals surface area contributed by atoms with Crippen LogP contribution in [0, 0.1) is 5.92 Å². The van der Waals surface area contributed by atoms with Crippen molar-refractivity contribution in [2.24, 2.45) is 10.9 Å². The molecule has 1 aromatic carbocycles. The average molecular weight is 546 g/mol. The Morgan fingerprint density at radius 1 is 1.06 bits per heavy atom. The van der Waals surface area contributed by atoms with Gasteiger partial charge in [0.25, 0.3) is 0 Å². The van der Waals surface area contributed by atoms with Gasteiger partial charge in [-0.05, 0) is 68.5 Å². The van der Waals surface area contributed by atoms with Gasteiger partial charge in [-0.2, -0.15) is 0 Å². The maximum absolute atomic E-state index is 5.50. The summed E-state index contributed by atoms with van der Waals surface area (Å²) in [5.74, 6) is 3.29. The van der Waals surface area contributed by atoms with Crippen molar-refractivity contribution >= 4 is 29.9 Å². The third kappa shape index (κ3) is 7.12. The van der Waals surface area contributed by atoms with Crippen molar-refractivity contribution in [3.05, 3.63) is 23.3 Å². The lowest BCUT2D eigenvalue weighted by molar-refractivity contribution is 0.121. The number of nitrogens with one attached hydrogen (secondary N) is 1. The lowest BCUT2D eigenvalue weighted by Gasteiger charge is -2.33. The molecule has 1 aromatic rings. The predicted octanol–water partition coefficient (Wildman–Crippen LogP) is 3.00. The zero-order valence-electron chi connectivity index (χ0n) is 19.5. The monoisotopic (exact) mass is 546 g/mol. The van der Waals surface area contributed by atoms with E-state index < -0.39 is 0 Å². The van der Waals surface area contributed by atoms with Crippen molar-refractivity contribution in [2.45, 2.75) is 32.7 Å². The van der Waals surface area contributed by atoms with Gasteiger partial charge in [-0.3, -0.25) is 4.99 Å². The predicted molar refractivity (Wildman–Crippen MR) is 136 cm³/mol. The summed E-state index contributed by atoms with van der Waals surface area (Å²) >= 11 is 0. The standard InChI is InChI=1S/C23H38N4O3.HI/c1-5-24-23(25-16-18-6-9-26(10-7-18)12-13-28-2)27-11-8-19-14-21(29-3)22(30-4)15-20(19)17-27;/h14-15,18H,5-13,16-17H2,1-4H3,(H,24,25);1H. The fourth-order valence-corrected chi connectivity index (χ4v) is 4.32. The van der Waals surface area contributed by atoms with E-state index >= 15 is 0 Å². The first-order chi connectivity index (χ1) is 14.7. The highest BCUT2D eigenvalue weighted by molar-refractivity contribution is 14.0. The number of ether oxygens (including phenoxy) is 3. The van der Waals surface area contributed by atoms with E-state index in [1.165, 1.54) is 24.0 Å². The summed E-state index contributed by atoms with van der Waals surface area (Å²) in [7, 11) is 5.16. The molecule has 0 spiro atoms. The van der Waals surface area contributed by atoms with E-state index in [1.54, 1.807) is 21.3 Å². The first-order valence-corrected chi connectivity index (χ1v) is 11.2. The van der Waals surface area contributed by atoms with Crippen LogP contribution in [0.2, 0.25) is 0 Å². The highest BCUT2D eigenvalue weighted by atomic mass is 127. The topological polar surface area (TPSA) is 58.6 Å². The van der Waals surface area contributed by atoms with Gasteiger partial charge in [0.15, 0.2) is 17.5 Å². The van der Waals surface area contributed by atoms with Gasteiger partial charge >= 0.3 is 0 Å². The van der Waals surface area contributed by atoms with Gasteiger partial charge in [0.1, 0.15) is 0 Å². The van der Waals surface area contributed by atoms with E-state index in [0.717, 1.165) is 76.3 Å². The largest absolute Gasteiger partial charge is 0.493 e. The van der Waals surface area contributed by atoms with Crippen LogP contribution in [0.25, 0.3) is 0 Å². The number of fused-ring (bicyclic) bond motifs is 1. The number of aliphatic imine (C=N–C) groups is 1. The van der Waals surface area contributed by atoms with Gasteiger partial charge in [0.2, 0.25) is 0 Å². The molecule has 0 aromatic heterocycles. The maximum atomic E-state index is 5.50. The molecule has 0 atom stereocenters. The first kappa shape index (κ1) is 26.0. The van der Waals surface area contributed by atoms with Crippen molar-refractivity contribution in [1.29, 1.82) is 0 Å². The lowest BCUT2D eigenvalue weighted by atomic mass is 9.97. The Labute approximate surface area is 204 Å². The molecule has 3 rings (SSSR count). The molecular formula is C23H39IN4O3. The molecule has 0 amide bonds. The summed E-state index contributed by atoms with van der Waals surface area (Å²) in [5, 5.41) is 3.50. The van der Waals surface area contributed by atoms with Gasteiger partial charge in [-0.1, -0.05) is 0 Å². The van der Waals surface area contributed by atoms with Crippen LogP contribution in [0.15, 0.2) is 17.1 Å². The third-order valence-electron chi connectivity index (χ3n) is 6.17. The quantitative estimate of drug-likeness (QED) is 0.308. The number of methoxy groups -OCH3 is 3. The van der Waals surface area contributed by atoms with Crippen LogP contribution in [0.4, 0.5) is 0 Å². The molecule has 2 aliphatic rings. The minimum atomic E-state index is 0. The molecule has 0 unspecified atom stereocenters. The molecular weight excluding hydrogens is 507 g/mol. The molecule has 2 aliphatic heterocycles. The smallest absolute Gasteiger partial charge is 0.194 e. The fraction of sp³-hybridized carbons (Fsp3) is 0.696. The number of hydrogen-bond donors (Lipinski definition) is 1. The van der Waals surface area contributed by atoms with E-state index in [-0.39, 0.29) is 24.0 Å².